The van der Waals surface area contributed by atoms with Crippen LogP contribution in [0.3, 0.4) is 0 Å². The number of para-hydroxylation sites is 2. The third-order valence-electron chi connectivity index (χ3n) is 6.13. The van der Waals surface area contributed by atoms with Crippen LogP contribution in [-0.4, -0.2) is 44.7 Å². The fourth-order valence-electron chi connectivity index (χ4n) is 4.27. The monoisotopic (exact) mass is 442 g/mol. The zero-order valence-corrected chi connectivity index (χ0v) is 18.2. The van der Waals surface area contributed by atoms with E-state index >= 15 is 0 Å². The van der Waals surface area contributed by atoms with Gasteiger partial charge in [0, 0.05) is 43.0 Å². The molecule has 4 rings (SSSR count). The van der Waals surface area contributed by atoms with E-state index in [1.54, 1.807) is 4.90 Å². The smallest absolute Gasteiger partial charge is 0.227 e. The molecule has 2 heterocycles. The zero-order valence-electron chi connectivity index (χ0n) is 17.4. The van der Waals surface area contributed by atoms with Gasteiger partial charge >= 0.3 is 0 Å². The predicted molar refractivity (Wildman–Crippen MR) is 120 cm³/mol. The Kier molecular flexibility index (Phi) is 6.78. The molecule has 2 aliphatic heterocycles. The summed E-state index contributed by atoms with van der Waals surface area (Å²) in [5, 5.41) is 3.75. The van der Waals surface area contributed by atoms with Gasteiger partial charge in [0.25, 0.3) is 0 Å². The fraction of sp³-hybridized carbons (Fsp3) is 0.417. The maximum Gasteiger partial charge on any atom is 0.227 e. The van der Waals surface area contributed by atoms with Crippen LogP contribution in [0.15, 0.2) is 48.5 Å². The maximum atomic E-state index is 12.7. The van der Waals surface area contributed by atoms with Crippen LogP contribution >= 0.6 is 11.6 Å². The molecule has 0 radical (unpaired) electrons. The van der Waals surface area contributed by atoms with Crippen molar-refractivity contribution in [1.29, 1.82) is 0 Å². The van der Waals surface area contributed by atoms with Crippen LogP contribution < -0.4 is 15.0 Å². The summed E-state index contributed by atoms with van der Waals surface area (Å²) in [6.07, 6.45) is 1.99. The highest BCUT2D eigenvalue weighted by Gasteiger charge is 2.35. The summed E-state index contributed by atoms with van der Waals surface area (Å²) < 4.78 is 11.2. The van der Waals surface area contributed by atoms with Crippen LogP contribution in [0.5, 0.6) is 5.75 Å². The molecule has 0 unspecified atom stereocenters. The van der Waals surface area contributed by atoms with E-state index in [2.05, 4.69) is 5.32 Å². The lowest BCUT2D eigenvalue weighted by Crippen LogP contribution is -2.45. The van der Waals surface area contributed by atoms with Gasteiger partial charge in [0.1, 0.15) is 12.4 Å². The summed E-state index contributed by atoms with van der Waals surface area (Å²) in [5.74, 6) is 0.523. The number of nitrogens with one attached hydrogen (secondary N) is 1. The van der Waals surface area contributed by atoms with Crippen LogP contribution in [-0.2, 0) is 19.7 Å². The van der Waals surface area contributed by atoms with Crippen molar-refractivity contribution in [1.82, 2.24) is 5.32 Å². The molecule has 2 aromatic carbocycles. The Bertz CT molecular complexity index is 925. The van der Waals surface area contributed by atoms with Crippen molar-refractivity contribution in [3.8, 4) is 5.75 Å². The largest absolute Gasteiger partial charge is 0.490 e. The molecule has 0 atom stereocenters. The van der Waals surface area contributed by atoms with Crippen molar-refractivity contribution in [3.63, 3.8) is 0 Å². The zero-order chi connectivity index (χ0) is 21.7. The highest BCUT2D eigenvalue weighted by Crippen LogP contribution is 2.35. The van der Waals surface area contributed by atoms with Gasteiger partial charge in [-0.15, -0.1) is 0 Å². The number of hydrogen-bond acceptors (Lipinski definition) is 4. The SMILES string of the molecule is O=C(CCC(=O)N1CCOc2ccccc21)NCC1(c2ccc(Cl)cc2)CCOCC1. The highest BCUT2D eigenvalue weighted by molar-refractivity contribution is 6.30. The molecule has 1 N–H and O–H groups in total. The number of nitrogens with zero attached hydrogens (tertiary/aromatic N) is 1. The minimum absolute atomic E-state index is 0.0654. The van der Waals surface area contributed by atoms with Gasteiger partial charge in [-0.25, -0.2) is 0 Å². The predicted octanol–water partition coefficient (Wildman–Crippen LogP) is 3.71. The second kappa shape index (κ2) is 9.71. The lowest BCUT2D eigenvalue weighted by Gasteiger charge is -2.38. The van der Waals surface area contributed by atoms with E-state index in [9.17, 15) is 9.59 Å². The molecule has 0 aliphatic carbocycles. The quantitative estimate of drug-likeness (QED) is 0.740. The summed E-state index contributed by atoms with van der Waals surface area (Å²) in [7, 11) is 0. The van der Waals surface area contributed by atoms with Crippen molar-refractivity contribution in [2.45, 2.75) is 31.1 Å². The van der Waals surface area contributed by atoms with Crippen molar-refractivity contribution >= 4 is 29.1 Å². The molecular weight excluding hydrogens is 416 g/mol. The minimum Gasteiger partial charge on any atom is -0.490 e. The lowest BCUT2D eigenvalue weighted by atomic mass is 9.74. The Labute approximate surface area is 187 Å². The molecule has 1 fully saturated rings. The normalized spacial score (nSPS) is 17.4. The third-order valence-corrected chi connectivity index (χ3v) is 6.38. The molecular formula is C24H27ClN2O4. The Hall–Kier alpha value is -2.57. The van der Waals surface area contributed by atoms with Crippen LogP contribution in [0.4, 0.5) is 5.69 Å². The van der Waals surface area contributed by atoms with E-state index in [1.165, 1.54) is 0 Å². The second-order valence-electron chi connectivity index (χ2n) is 8.04. The molecule has 0 spiro atoms. The second-order valence-corrected chi connectivity index (χ2v) is 8.47. The standard InChI is InChI=1S/C24H27ClN2O4/c25-19-7-5-18(6-8-19)24(11-14-30-15-12-24)17-26-22(28)9-10-23(29)27-13-16-31-21-4-2-1-3-20(21)27/h1-8H,9-17H2,(H,26,28). The number of benzene rings is 2. The number of rotatable bonds is 6. The summed E-state index contributed by atoms with van der Waals surface area (Å²) >= 11 is 6.05. The number of hydrogen-bond donors (Lipinski definition) is 1. The topological polar surface area (TPSA) is 67.9 Å². The summed E-state index contributed by atoms with van der Waals surface area (Å²) in [5.41, 5.74) is 1.75. The van der Waals surface area contributed by atoms with E-state index in [0.29, 0.717) is 43.7 Å². The van der Waals surface area contributed by atoms with Gasteiger partial charge in [0.2, 0.25) is 11.8 Å². The molecule has 0 aromatic heterocycles. The molecule has 6 nitrogen and oxygen atoms in total. The number of amides is 2. The Balaban J connectivity index is 1.34. The highest BCUT2D eigenvalue weighted by atomic mass is 35.5. The first-order valence-corrected chi connectivity index (χ1v) is 11.1. The number of carbonyl (C=O) groups is 2. The molecule has 7 heteroatoms. The molecule has 31 heavy (non-hydrogen) atoms. The first-order chi connectivity index (χ1) is 15.1. The minimum atomic E-state index is -0.175. The maximum absolute atomic E-state index is 12.7. The fourth-order valence-corrected chi connectivity index (χ4v) is 4.40. The van der Waals surface area contributed by atoms with E-state index in [4.69, 9.17) is 21.1 Å². The van der Waals surface area contributed by atoms with Gasteiger partial charge < -0.3 is 19.7 Å². The van der Waals surface area contributed by atoms with Crippen molar-refractivity contribution in [2.75, 3.05) is 37.8 Å². The van der Waals surface area contributed by atoms with Crippen LogP contribution in [0.2, 0.25) is 5.02 Å². The van der Waals surface area contributed by atoms with E-state index in [1.807, 2.05) is 48.5 Å². The molecule has 2 aliphatic rings. The van der Waals surface area contributed by atoms with Crippen molar-refractivity contribution in [2.24, 2.45) is 0 Å². The molecule has 2 aromatic rings. The van der Waals surface area contributed by atoms with Crippen LogP contribution in [0.25, 0.3) is 0 Å². The van der Waals surface area contributed by atoms with Crippen molar-refractivity contribution < 1.29 is 19.1 Å². The number of halogens is 1. The van der Waals surface area contributed by atoms with E-state index < -0.39 is 0 Å². The van der Waals surface area contributed by atoms with Gasteiger partial charge in [-0.1, -0.05) is 35.9 Å². The average molecular weight is 443 g/mol. The number of carbonyl (C=O) groups excluding carboxylic acids is 2. The average Bonchev–Trinajstić information content (AvgIpc) is 2.82. The molecule has 2 amide bonds. The van der Waals surface area contributed by atoms with E-state index in [0.717, 1.165) is 24.1 Å². The summed E-state index contributed by atoms with van der Waals surface area (Å²) in [6, 6.07) is 15.3. The molecule has 164 valence electrons. The summed E-state index contributed by atoms with van der Waals surface area (Å²) in [4.78, 5) is 27.0. The van der Waals surface area contributed by atoms with Crippen LogP contribution in [0, 0.1) is 0 Å². The molecule has 0 saturated carbocycles. The molecule has 1 saturated heterocycles. The van der Waals surface area contributed by atoms with Gasteiger partial charge in [0.05, 0.1) is 12.2 Å². The Morgan fingerprint density at radius 3 is 2.52 bits per heavy atom. The van der Waals surface area contributed by atoms with E-state index in [-0.39, 0.29) is 30.1 Å². The van der Waals surface area contributed by atoms with Crippen molar-refractivity contribution in [3.05, 3.63) is 59.1 Å². The first-order valence-electron chi connectivity index (χ1n) is 10.7. The van der Waals surface area contributed by atoms with Gasteiger partial charge in [-0.05, 0) is 42.7 Å². The Morgan fingerprint density at radius 1 is 1.00 bits per heavy atom. The number of ether oxygens (including phenoxy) is 2. The number of fused-ring (bicyclic) bond motifs is 1. The lowest BCUT2D eigenvalue weighted by molar-refractivity contribution is -0.125. The molecule has 0 bridgehead atoms. The third kappa shape index (κ3) is 5.02. The van der Waals surface area contributed by atoms with Gasteiger partial charge in [-0.2, -0.15) is 0 Å². The first kappa shape index (κ1) is 21.7. The summed E-state index contributed by atoms with van der Waals surface area (Å²) in [6.45, 7) is 2.80. The number of anilines is 1. The van der Waals surface area contributed by atoms with Gasteiger partial charge in [0.15, 0.2) is 0 Å². The van der Waals surface area contributed by atoms with Gasteiger partial charge in [-0.3, -0.25) is 9.59 Å². The van der Waals surface area contributed by atoms with Crippen LogP contribution in [0.1, 0.15) is 31.2 Å². The Morgan fingerprint density at radius 2 is 1.74 bits per heavy atom.